The van der Waals surface area contributed by atoms with Crippen molar-refractivity contribution in [3.8, 4) is 5.75 Å². The van der Waals surface area contributed by atoms with Gasteiger partial charge in [-0.1, -0.05) is 36.4 Å². The zero-order valence-corrected chi connectivity index (χ0v) is 12.8. The van der Waals surface area contributed by atoms with Crippen molar-refractivity contribution < 1.29 is 9.09 Å². The van der Waals surface area contributed by atoms with Crippen LogP contribution in [0.5, 0.6) is 5.75 Å². The molecule has 0 aliphatic heterocycles. The zero-order valence-electron chi connectivity index (χ0n) is 11.8. The van der Waals surface area contributed by atoms with Crippen LogP contribution in [0.2, 0.25) is 0 Å². The molecule has 0 heterocycles. The van der Waals surface area contributed by atoms with E-state index in [0.29, 0.717) is 0 Å². The third kappa shape index (κ3) is 2.90. The Hall–Kier alpha value is -1.53. The highest BCUT2D eigenvalue weighted by molar-refractivity contribution is 7.49. The predicted molar refractivity (Wildman–Crippen MR) is 81.1 cm³/mol. The summed E-state index contributed by atoms with van der Waals surface area (Å²) < 4.78 is 18.3. The van der Waals surface area contributed by atoms with Gasteiger partial charge in [0.25, 0.3) is 8.03 Å². The van der Waals surface area contributed by atoms with E-state index in [1.54, 1.807) is 0 Å². The molecule has 2 nitrogen and oxygen atoms in total. The Kier molecular flexibility index (Phi) is 4.11. The minimum atomic E-state index is -2.27. The van der Waals surface area contributed by atoms with Crippen LogP contribution in [0.4, 0.5) is 0 Å². The van der Waals surface area contributed by atoms with Crippen LogP contribution in [0.3, 0.4) is 0 Å². The first-order chi connectivity index (χ1) is 9.00. The first kappa shape index (κ1) is 13.9. The largest absolute Gasteiger partial charge is 0.441 e. The fourth-order valence-electron chi connectivity index (χ4n) is 2.24. The lowest BCUT2D eigenvalue weighted by atomic mass is 10.1. The minimum Gasteiger partial charge on any atom is -0.441 e. The Labute approximate surface area is 115 Å². The van der Waals surface area contributed by atoms with E-state index >= 15 is 0 Å². The molecule has 0 saturated carbocycles. The van der Waals surface area contributed by atoms with Gasteiger partial charge in [-0.15, -0.1) is 0 Å². The average Bonchev–Trinajstić information content (AvgIpc) is 2.34. The summed E-state index contributed by atoms with van der Waals surface area (Å²) in [6, 6.07) is 11.8. The van der Waals surface area contributed by atoms with Crippen molar-refractivity contribution >= 4 is 13.3 Å². The fourth-order valence-corrected chi connectivity index (χ4v) is 3.66. The molecule has 0 aliphatic carbocycles. The monoisotopic (exact) mass is 274 g/mol. The van der Waals surface area contributed by atoms with Gasteiger partial charge < -0.3 is 4.52 Å². The van der Waals surface area contributed by atoms with Crippen LogP contribution < -0.4 is 9.83 Å². The van der Waals surface area contributed by atoms with E-state index in [4.69, 9.17) is 4.52 Å². The second-order valence-electron chi connectivity index (χ2n) is 4.88. The molecular formula is C16H19O2P. The molecule has 0 fully saturated rings. The van der Waals surface area contributed by atoms with Crippen LogP contribution in [0.25, 0.3) is 0 Å². The van der Waals surface area contributed by atoms with Gasteiger partial charge in [0.05, 0.1) is 5.30 Å². The Morgan fingerprint density at radius 2 is 1.21 bits per heavy atom. The van der Waals surface area contributed by atoms with Gasteiger partial charge in [0.2, 0.25) is 0 Å². The van der Waals surface area contributed by atoms with Gasteiger partial charge in [0, 0.05) is 0 Å². The molecule has 0 N–H and O–H groups in total. The molecule has 19 heavy (non-hydrogen) atoms. The van der Waals surface area contributed by atoms with Crippen molar-refractivity contribution in [3.63, 3.8) is 0 Å². The maximum absolute atomic E-state index is 12.5. The summed E-state index contributed by atoms with van der Waals surface area (Å²) in [4.78, 5) is 0. The van der Waals surface area contributed by atoms with Crippen LogP contribution in [-0.4, -0.2) is 0 Å². The van der Waals surface area contributed by atoms with Crippen LogP contribution in [0, 0.1) is 27.7 Å². The van der Waals surface area contributed by atoms with Gasteiger partial charge >= 0.3 is 0 Å². The van der Waals surface area contributed by atoms with Crippen molar-refractivity contribution in [2.45, 2.75) is 27.7 Å². The molecule has 3 heteroatoms. The molecule has 2 aromatic carbocycles. The third-order valence-corrected chi connectivity index (χ3v) is 4.88. The predicted octanol–water partition coefficient (Wildman–Crippen LogP) is 4.10. The van der Waals surface area contributed by atoms with Gasteiger partial charge in [-0.3, -0.25) is 4.57 Å². The van der Waals surface area contributed by atoms with E-state index in [0.717, 1.165) is 33.3 Å². The summed E-state index contributed by atoms with van der Waals surface area (Å²) in [7, 11) is -2.27. The van der Waals surface area contributed by atoms with E-state index in [9.17, 15) is 4.57 Å². The fraction of sp³-hybridized carbons (Fsp3) is 0.250. The SMILES string of the molecule is Cc1cccc(C)c1O[PH](=O)c1c(C)cccc1C. The minimum absolute atomic E-state index is 0.744. The summed E-state index contributed by atoms with van der Waals surface area (Å²) in [6.45, 7) is 7.89. The Morgan fingerprint density at radius 3 is 1.68 bits per heavy atom. The Balaban J connectivity index is 2.37. The average molecular weight is 274 g/mol. The molecule has 0 spiro atoms. The molecule has 2 rings (SSSR count). The number of rotatable bonds is 3. The maximum Gasteiger partial charge on any atom is 0.266 e. The lowest BCUT2D eigenvalue weighted by Crippen LogP contribution is -2.09. The van der Waals surface area contributed by atoms with Crippen LogP contribution in [0.1, 0.15) is 22.3 Å². The van der Waals surface area contributed by atoms with E-state index in [1.165, 1.54) is 0 Å². The summed E-state index contributed by atoms with van der Waals surface area (Å²) in [6.07, 6.45) is 0. The number of benzene rings is 2. The van der Waals surface area contributed by atoms with Gasteiger partial charge in [-0.2, -0.15) is 0 Å². The molecule has 0 saturated heterocycles. The summed E-state index contributed by atoms with van der Waals surface area (Å²) in [5.74, 6) is 0.744. The lowest BCUT2D eigenvalue weighted by Gasteiger charge is -2.14. The van der Waals surface area contributed by atoms with Crippen molar-refractivity contribution in [3.05, 3.63) is 58.7 Å². The molecule has 2 aromatic rings. The molecule has 1 atom stereocenters. The number of aryl methyl sites for hydroxylation is 4. The first-order valence-electron chi connectivity index (χ1n) is 6.35. The van der Waals surface area contributed by atoms with Crippen LogP contribution in [-0.2, 0) is 4.57 Å². The summed E-state index contributed by atoms with van der Waals surface area (Å²) in [5, 5.41) is 0.843. The number of para-hydroxylation sites is 1. The first-order valence-corrected chi connectivity index (χ1v) is 7.67. The molecular weight excluding hydrogens is 255 g/mol. The normalized spacial score (nSPS) is 12.2. The molecule has 100 valence electrons. The highest BCUT2D eigenvalue weighted by Crippen LogP contribution is 2.33. The standard InChI is InChI=1S/C16H19O2P/c1-11-7-5-8-12(2)15(11)18-19(17)16-13(3)9-6-10-14(16)4/h5-10,19H,1-4H3. The molecule has 0 radical (unpaired) electrons. The highest BCUT2D eigenvalue weighted by Gasteiger charge is 2.14. The quantitative estimate of drug-likeness (QED) is 0.788. The van der Waals surface area contributed by atoms with Gasteiger partial charge in [-0.25, -0.2) is 0 Å². The Bertz CT molecular complexity index is 592. The van der Waals surface area contributed by atoms with Crippen LogP contribution in [0.15, 0.2) is 36.4 Å². The van der Waals surface area contributed by atoms with Crippen molar-refractivity contribution in [2.75, 3.05) is 0 Å². The van der Waals surface area contributed by atoms with Gasteiger partial charge in [-0.05, 0) is 49.9 Å². The van der Waals surface area contributed by atoms with Crippen molar-refractivity contribution in [1.29, 1.82) is 0 Å². The molecule has 0 bridgehead atoms. The van der Waals surface area contributed by atoms with Crippen molar-refractivity contribution in [1.82, 2.24) is 0 Å². The summed E-state index contributed by atoms with van der Waals surface area (Å²) >= 11 is 0. The molecule has 0 amide bonds. The Morgan fingerprint density at radius 1 is 0.789 bits per heavy atom. The third-order valence-electron chi connectivity index (χ3n) is 3.29. The molecule has 0 aromatic heterocycles. The second-order valence-corrected chi connectivity index (χ2v) is 6.16. The maximum atomic E-state index is 12.5. The molecule has 0 aliphatic rings. The van der Waals surface area contributed by atoms with Gasteiger partial charge in [0.1, 0.15) is 5.75 Å². The van der Waals surface area contributed by atoms with Crippen molar-refractivity contribution in [2.24, 2.45) is 0 Å². The topological polar surface area (TPSA) is 26.3 Å². The highest BCUT2D eigenvalue weighted by atomic mass is 31.1. The summed E-state index contributed by atoms with van der Waals surface area (Å²) in [5.41, 5.74) is 4.08. The smallest absolute Gasteiger partial charge is 0.266 e. The van der Waals surface area contributed by atoms with E-state index in [2.05, 4.69) is 0 Å². The van der Waals surface area contributed by atoms with E-state index in [1.807, 2.05) is 64.1 Å². The van der Waals surface area contributed by atoms with E-state index in [-0.39, 0.29) is 0 Å². The molecule has 1 unspecified atom stereocenters. The lowest BCUT2D eigenvalue weighted by molar-refractivity contribution is 0.510. The van der Waals surface area contributed by atoms with E-state index < -0.39 is 8.03 Å². The van der Waals surface area contributed by atoms with Gasteiger partial charge in [0.15, 0.2) is 0 Å². The second kappa shape index (κ2) is 5.63. The zero-order chi connectivity index (χ0) is 14.0. The number of hydrogen-bond acceptors (Lipinski definition) is 2. The van der Waals surface area contributed by atoms with Crippen LogP contribution >= 0.6 is 8.03 Å². The number of hydrogen-bond donors (Lipinski definition) is 0.